The molecule has 0 unspecified atom stereocenters. The fraction of sp³-hybridized carbons (Fsp3) is 0. The second-order valence-electron chi connectivity index (χ2n) is 11.3. The number of furan rings is 1. The topological polar surface area (TPSA) is 16.4 Å². The Hall–Kier alpha value is -5.16. The maximum Gasteiger partial charge on any atom is 0.137 e. The Morgan fingerprint density at radius 2 is 0.977 bits per heavy atom. The maximum atomic E-state index is 6.35. The van der Waals surface area contributed by atoms with Crippen LogP contribution in [-0.4, -0.2) is 0 Å². The summed E-state index contributed by atoms with van der Waals surface area (Å²) in [6.45, 7) is 0. The number of anilines is 3. The molecule has 10 rings (SSSR count). The van der Waals surface area contributed by atoms with E-state index in [1.54, 1.807) is 0 Å². The molecule has 0 saturated heterocycles. The Morgan fingerprint density at radius 1 is 0.386 bits per heavy atom. The number of hydrogen-bond acceptors (Lipinski definition) is 4. The van der Waals surface area contributed by atoms with Gasteiger partial charge in [0.25, 0.3) is 0 Å². The summed E-state index contributed by atoms with van der Waals surface area (Å²) in [6, 6.07) is 50.6. The third-order valence-corrected chi connectivity index (χ3v) is 11.1. The zero-order valence-corrected chi connectivity index (χ0v) is 25.1. The number of benzene rings is 7. The molecule has 4 heteroatoms. The number of para-hydroxylation sites is 1. The molecule has 10 aromatic rings. The smallest absolute Gasteiger partial charge is 0.137 e. The minimum absolute atomic E-state index is 0.892. The lowest BCUT2D eigenvalue weighted by atomic mass is 10.0. The summed E-state index contributed by atoms with van der Waals surface area (Å²) >= 11 is 3.72. The van der Waals surface area contributed by atoms with Crippen molar-refractivity contribution >= 4 is 113 Å². The van der Waals surface area contributed by atoms with Crippen molar-refractivity contribution in [2.45, 2.75) is 0 Å². The zero-order valence-electron chi connectivity index (χ0n) is 23.5. The summed E-state index contributed by atoms with van der Waals surface area (Å²) in [7, 11) is 0. The largest absolute Gasteiger partial charge is 0.456 e. The first-order valence-corrected chi connectivity index (χ1v) is 16.4. The molecule has 0 atom stereocenters. The molecule has 3 heterocycles. The van der Waals surface area contributed by atoms with E-state index in [1.165, 1.54) is 51.1 Å². The van der Waals surface area contributed by atoms with Crippen LogP contribution in [0.2, 0.25) is 0 Å². The van der Waals surface area contributed by atoms with Gasteiger partial charge in [0.1, 0.15) is 11.2 Å². The Bertz CT molecular complexity index is 2630. The van der Waals surface area contributed by atoms with Crippen LogP contribution in [0.3, 0.4) is 0 Å². The van der Waals surface area contributed by atoms with Gasteiger partial charge >= 0.3 is 0 Å². The summed E-state index contributed by atoms with van der Waals surface area (Å²) in [6.07, 6.45) is 0. The number of hydrogen-bond donors (Lipinski definition) is 0. The lowest BCUT2D eigenvalue weighted by molar-refractivity contribution is 0.669. The van der Waals surface area contributed by atoms with Crippen LogP contribution in [-0.2, 0) is 0 Å². The van der Waals surface area contributed by atoms with E-state index in [1.807, 2.05) is 34.8 Å². The molecule has 0 bridgehead atoms. The predicted molar refractivity (Wildman–Crippen MR) is 192 cm³/mol. The van der Waals surface area contributed by atoms with Gasteiger partial charge < -0.3 is 9.32 Å². The molecule has 0 spiro atoms. The van der Waals surface area contributed by atoms with Crippen molar-refractivity contribution in [3.05, 3.63) is 140 Å². The van der Waals surface area contributed by atoms with Crippen LogP contribution in [0.5, 0.6) is 0 Å². The van der Waals surface area contributed by atoms with Crippen LogP contribution in [0.1, 0.15) is 0 Å². The highest BCUT2D eigenvalue weighted by Gasteiger charge is 2.18. The van der Waals surface area contributed by atoms with Gasteiger partial charge in [-0.1, -0.05) is 72.8 Å². The van der Waals surface area contributed by atoms with Gasteiger partial charge in [-0.3, -0.25) is 0 Å². The van der Waals surface area contributed by atoms with E-state index in [0.717, 1.165) is 39.0 Å². The van der Waals surface area contributed by atoms with Crippen LogP contribution in [0.25, 0.3) is 73.1 Å². The molecule has 0 saturated carbocycles. The molecule has 0 radical (unpaired) electrons. The molecule has 0 aliphatic carbocycles. The first-order chi connectivity index (χ1) is 21.8. The van der Waals surface area contributed by atoms with Gasteiger partial charge in [-0.15, -0.1) is 22.7 Å². The third-order valence-electron chi connectivity index (χ3n) is 8.84. The van der Waals surface area contributed by atoms with Gasteiger partial charge in [0.05, 0.1) is 0 Å². The highest BCUT2D eigenvalue weighted by Crippen LogP contribution is 2.44. The van der Waals surface area contributed by atoms with Crippen molar-refractivity contribution in [3.8, 4) is 0 Å². The van der Waals surface area contributed by atoms with E-state index in [0.29, 0.717) is 0 Å². The maximum absolute atomic E-state index is 6.35. The summed E-state index contributed by atoms with van der Waals surface area (Å²) in [4.78, 5) is 2.37. The lowest BCUT2D eigenvalue weighted by Crippen LogP contribution is -2.09. The Morgan fingerprint density at radius 3 is 1.84 bits per heavy atom. The molecule has 3 aromatic heterocycles. The van der Waals surface area contributed by atoms with Crippen molar-refractivity contribution in [3.63, 3.8) is 0 Å². The molecular formula is C40H23NOS2. The average Bonchev–Trinajstić information content (AvgIpc) is 3.75. The first-order valence-electron chi connectivity index (χ1n) is 14.8. The predicted octanol–water partition coefficient (Wildman–Crippen LogP) is 12.9. The quantitative estimate of drug-likeness (QED) is 0.201. The van der Waals surface area contributed by atoms with E-state index in [9.17, 15) is 0 Å². The summed E-state index contributed by atoms with van der Waals surface area (Å²) in [5.74, 6) is 0. The minimum atomic E-state index is 0.892. The molecule has 2 nitrogen and oxygen atoms in total. The van der Waals surface area contributed by atoms with Crippen LogP contribution in [0, 0.1) is 0 Å². The fourth-order valence-corrected chi connectivity index (χ4v) is 9.10. The number of thiophene rings is 2. The highest BCUT2D eigenvalue weighted by molar-refractivity contribution is 7.26. The number of fused-ring (bicyclic) bond motifs is 11. The van der Waals surface area contributed by atoms with Crippen molar-refractivity contribution in [1.82, 2.24) is 0 Å². The van der Waals surface area contributed by atoms with Crippen molar-refractivity contribution in [2.75, 3.05) is 4.90 Å². The van der Waals surface area contributed by atoms with Crippen LogP contribution < -0.4 is 4.90 Å². The summed E-state index contributed by atoms with van der Waals surface area (Å²) in [5, 5.41) is 10.1. The zero-order chi connectivity index (χ0) is 28.8. The Labute approximate surface area is 260 Å². The molecule has 44 heavy (non-hydrogen) atoms. The van der Waals surface area contributed by atoms with E-state index in [4.69, 9.17) is 4.42 Å². The fourth-order valence-electron chi connectivity index (χ4n) is 6.83. The van der Waals surface area contributed by atoms with Crippen LogP contribution in [0.4, 0.5) is 17.1 Å². The Balaban J connectivity index is 1.21. The van der Waals surface area contributed by atoms with Gasteiger partial charge in [0, 0.05) is 74.2 Å². The molecule has 0 aliphatic heterocycles. The van der Waals surface area contributed by atoms with Crippen LogP contribution >= 0.6 is 22.7 Å². The van der Waals surface area contributed by atoms with E-state index in [2.05, 4.69) is 132 Å². The monoisotopic (exact) mass is 597 g/mol. The second-order valence-corrected chi connectivity index (χ2v) is 13.5. The van der Waals surface area contributed by atoms with Gasteiger partial charge in [-0.2, -0.15) is 0 Å². The van der Waals surface area contributed by atoms with E-state index >= 15 is 0 Å². The summed E-state index contributed by atoms with van der Waals surface area (Å²) in [5.41, 5.74) is 5.12. The van der Waals surface area contributed by atoms with Crippen molar-refractivity contribution < 1.29 is 4.42 Å². The second kappa shape index (κ2) is 9.17. The lowest BCUT2D eigenvalue weighted by Gasteiger charge is -2.26. The first kappa shape index (κ1) is 24.3. The Kier molecular flexibility index (Phi) is 5.06. The van der Waals surface area contributed by atoms with Gasteiger partial charge in [0.2, 0.25) is 0 Å². The number of nitrogens with zero attached hydrogens (tertiary/aromatic N) is 1. The highest BCUT2D eigenvalue weighted by atomic mass is 32.1. The van der Waals surface area contributed by atoms with Crippen molar-refractivity contribution in [2.24, 2.45) is 0 Å². The van der Waals surface area contributed by atoms with Gasteiger partial charge in [-0.05, 0) is 71.4 Å². The van der Waals surface area contributed by atoms with E-state index < -0.39 is 0 Å². The normalized spacial score (nSPS) is 12.1. The van der Waals surface area contributed by atoms with Crippen LogP contribution in [0.15, 0.2) is 144 Å². The molecule has 206 valence electrons. The standard InChI is InChI=1S/C40H23NOS2/c1-4-10-34-29(7-1)30-18-15-26(22-35(30)42-34)41(27-16-19-32-31-8-2-5-11-36(31)44-39(32)23-27)25-14-17-28-24(21-25)13-20-38-40(28)33-9-3-6-12-37(33)43-38/h1-23H. The molecule has 0 fully saturated rings. The minimum Gasteiger partial charge on any atom is -0.456 e. The van der Waals surface area contributed by atoms with Crippen molar-refractivity contribution in [1.29, 1.82) is 0 Å². The van der Waals surface area contributed by atoms with Gasteiger partial charge in [0.15, 0.2) is 0 Å². The summed E-state index contributed by atoms with van der Waals surface area (Å²) < 4.78 is 11.6. The van der Waals surface area contributed by atoms with Gasteiger partial charge in [-0.25, -0.2) is 0 Å². The number of rotatable bonds is 3. The van der Waals surface area contributed by atoms with E-state index in [-0.39, 0.29) is 0 Å². The molecule has 0 amide bonds. The molecular weight excluding hydrogens is 575 g/mol. The molecule has 0 N–H and O–H groups in total. The molecule has 0 aliphatic rings. The molecule has 7 aromatic carbocycles. The third kappa shape index (κ3) is 3.53. The average molecular weight is 598 g/mol. The SMILES string of the molecule is c1ccc2c(c1)oc1cc(N(c3ccc4c(ccc5sc6ccccc6c54)c3)c3ccc4c(c3)sc3ccccc34)ccc12.